The van der Waals surface area contributed by atoms with Gasteiger partial charge in [-0.15, -0.1) is 0 Å². The van der Waals surface area contributed by atoms with E-state index in [0.717, 1.165) is 34.2 Å². The minimum atomic E-state index is -4.52. The van der Waals surface area contributed by atoms with Crippen LogP contribution < -0.4 is 5.32 Å². The van der Waals surface area contributed by atoms with Crippen LogP contribution in [0.25, 0.3) is 10.9 Å². The van der Waals surface area contributed by atoms with E-state index in [2.05, 4.69) is 5.32 Å². The van der Waals surface area contributed by atoms with E-state index in [0.29, 0.717) is 5.56 Å². The molecule has 2 amide bonds. The molecule has 2 heterocycles. The monoisotopic (exact) mass is 463 g/mol. The zero-order valence-electron chi connectivity index (χ0n) is 18.1. The molecular formula is C26H20F3N3O2. The number of alkyl halides is 3. The Morgan fingerprint density at radius 2 is 1.71 bits per heavy atom. The zero-order valence-corrected chi connectivity index (χ0v) is 18.1. The number of nitrogens with one attached hydrogen (secondary N) is 1. The van der Waals surface area contributed by atoms with Gasteiger partial charge >= 0.3 is 6.18 Å². The van der Waals surface area contributed by atoms with Crippen molar-refractivity contribution in [3.63, 3.8) is 0 Å². The first kappa shape index (κ1) is 21.8. The van der Waals surface area contributed by atoms with Gasteiger partial charge in [0.1, 0.15) is 6.54 Å². The summed E-state index contributed by atoms with van der Waals surface area (Å²) in [4.78, 5) is 27.6. The molecule has 0 spiro atoms. The van der Waals surface area contributed by atoms with Gasteiger partial charge in [-0.05, 0) is 35.9 Å². The van der Waals surface area contributed by atoms with Gasteiger partial charge in [0.2, 0.25) is 5.91 Å². The predicted molar refractivity (Wildman–Crippen MR) is 122 cm³/mol. The predicted octanol–water partition coefficient (Wildman–Crippen LogP) is 5.38. The third-order valence-electron chi connectivity index (χ3n) is 6.07. The third-order valence-corrected chi connectivity index (χ3v) is 6.07. The van der Waals surface area contributed by atoms with E-state index in [-0.39, 0.29) is 18.1 Å². The van der Waals surface area contributed by atoms with Gasteiger partial charge in [-0.25, -0.2) is 0 Å². The first-order valence-electron chi connectivity index (χ1n) is 10.6. The molecule has 34 heavy (non-hydrogen) atoms. The molecule has 0 saturated carbocycles. The van der Waals surface area contributed by atoms with Crippen molar-refractivity contribution in [3.8, 4) is 0 Å². The first-order valence-corrected chi connectivity index (χ1v) is 10.6. The highest BCUT2D eigenvalue weighted by Crippen LogP contribution is 2.41. The smallest absolute Gasteiger partial charge is 0.350 e. The highest BCUT2D eigenvalue weighted by atomic mass is 19.4. The summed E-state index contributed by atoms with van der Waals surface area (Å²) in [6, 6.07) is 18.9. The van der Waals surface area contributed by atoms with Gasteiger partial charge in [0.25, 0.3) is 5.91 Å². The normalized spacial score (nSPS) is 15.6. The number of halogens is 3. The number of amides is 2. The van der Waals surface area contributed by atoms with Crippen LogP contribution in [0.2, 0.25) is 0 Å². The molecule has 0 bridgehead atoms. The van der Waals surface area contributed by atoms with Crippen molar-refractivity contribution >= 4 is 28.4 Å². The van der Waals surface area contributed by atoms with E-state index < -0.39 is 23.7 Å². The molecule has 0 unspecified atom stereocenters. The van der Waals surface area contributed by atoms with Crippen LogP contribution in [-0.2, 0) is 18.0 Å². The SMILES string of the molecule is Cn1cc([C@@H]2c3ccccc3C(=O)N2CC(=O)Nc2cccc(C(F)(F)F)c2)c2ccccc21. The van der Waals surface area contributed by atoms with E-state index in [1.807, 2.05) is 54.2 Å². The summed E-state index contributed by atoms with van der Waals surface area (Å²) in [5.41, 5.74) is 2.32. The average molecular weight is 463 g/mol. The summed E-state index contributed by atoms with van der Waals surface area (Å²) in [6.07, 6.45) is -2.57. The molecule has 172 valence electrons. The maximum absolute atomic E-state index is 13.3. The molecule has 1 N–H and O–H groups in total. The molecular weight excluding hydrogens is 443 g/mol. The van der Waals surface area contributed by atoms with Crippen molar-refractivity contribution in [2.45, 2.75) is 12.2 Å². The van der Waals surface area contributed by atoms with E-state index >= 15 is 0 Å². The van der Waals surface area contributed by atoms with Gasteiger partial charge in [-0.3, -0.25) is 9.59 Å². The van der Waals surface area contributed by atoms with Crippen molar-refractivity contribution in [3.05, 3.63) is 101 Å². The molecule has 8 heteroatoms. The fourth-order valence-electron chi connectivity index (χ4n) is 4.59. The van der Waals surface area contributed by atoms with Crippen LogP contribution >= 0.6 is 0 Å². The van der Waals surface area contributed by atoms with Crippen LogP contribution in [0.15, 0.2) is 79.0 Å². The summed E-state index contributed by atoms with van der Waals surface area (Å²) >= 11 is 0. The number of hydrogen-bond donors (Lipinski definition) is 1. The lowest BCUT2D eigenvalue weighted by molar-refractivity contribution is -0.137. The number of aromatic nitrogens is 1. The Morgan fingerprint density at radius 1 is 0.971 bits per heavy atom. The van der Waals surface area contributed by atoms with E-state index in [9.17, 15) is 22.8 Å². The fraction of sp³-hybridized carbons (Fsp3) is 0.154. The van der Waals surface area contributed by atoms with Gasteiger partial charge in [-0.2, -0.15) is 13.2 Å². The van der Waals surface area contributed by atoms with Crippen LogP contribution in [0.5, 0.6) is 0 Å². The largest absolute Gasteiger partial charge is 0.416 e. The summed E-state index contributed by atoms with van der Waals surface area (Å²) in [6.45, 7) is -0.308. The summed E-state index contributed by atoms with van der Waals surface area (Å²) in [5.74, 6) is -0.876. The Labute approximate surface area is 193 Å². The maximum atomic E-state index is 13.3. The van der Waals surface area contributed by atoms with Crippen molar-refractivity contribution < 1.29 is 22.8 Å². The Balaban J connectivity index is 1.49. The lowest BCUT2D eigenvalue weighted by Gasteiger charge is -2.25. The zero-order chi connectivity index (χ0) is 24.0. The van der Waals surface area contributed by atoms with Crippen LogP contribution in [0, 0.1) is 0 Å². The molecule has 0 aliphatic carbocycles. The highest BCUT2D eigenvalue weighted by Gasteiger charge is 2.39. The average Bonchev–Trinajstić information content (AvgIpc) is 3.28. The number of carbonyl (C=O) groups is 2. The number of hydrogen-bond acceptors (Lipinski definition) is 2. The van der Waals surface area contributed by atoms with E-state index in [1.165, 1.54) is 17.0 Å². The lowest BCUT2D eigenvalue weighted by Crippen LogP contribution is -2.36. The fourth-order valence-corrected chi connectivity index (χ4v) is 4.59. The Bertz CT molecular complexity index is 1420. The summed E-state index contributed by atoms with van der Waals surface area (Å²) < 4.78 is 41.1. The van der Waals surface area contributed by atoms with Gasteiger partial charge < -0.3 is 14.8 Å². The van der Waals surface area contributed by atoms with Crippen molar-refractivity contribution in [1.82, 2.24) is 9.47 Å². The van der Waals surface area contributed by atoms with Crippen LogP contribution in [0.4, 0.5) is 18.9 Å². The number of carbonyl (C=O) groups excluding carboxylic acids is 2. The molecule has 1 aromatic heterocycles. The Morgan fingerprint density at radius 3 is 2.50 bits per heavy atom. The van der Waals surface area contributed by atoms with Crippen LogP contribution in [0.3, 0.4) is 0 Å². The van der Waals surface area contributed by atoms with Crippen LogP contribution in [-0.4, -0.2) is 27.8 Å². The molecule has 0 radical (unpaired) electrons. The maximum Gasteiger partial charge on any atom is 0.416 e. The minimum Gasteiger partial charge on any atom is -0.350 e. The second-order valence-corrected chi connectivity index (χ2v) is 8.26. The minimum absolute atomic E-state index is 0.0192. The second kappa shape index (κ2) is 8.06. The quantitative estimate of drug-likeness (QED) is 0.442. The van der Waals surface area contributed by atoms with Gasteiger partial charge in [0.05, 0.1) is 11.6 Å². The Kier molecular flexibility index (Phi) is 5.16. The summed E-state index contributed by atoms with van der Waals surface area (Å²) in [5, 5.41) is 3.47. The molecule has 1 aliphatic rings. The standard InChI is InChI=1S/C26H20F3N3O2/c1-31-14-21(18-9-4-5-12-22(18)31)24-19-10-2-3-11-20(19)25(34)32(24)15-23(33)30-17-8-6-7-16(13-17)26(27,28)29/h2-14,24H,15H2,1H3,(H,30,33)/t24-/m0/s1. The van der Waals surface area contributed by atoms with Crippen LogP contribution in [0.1, 0.15) is 33.1 Å². The lowest BCUT2D eigenvalue weighted by atomic mass is 9.97. The third kappa shape index (κ3) is 3.71. The second-order valence-electron chi connectivity index (χ2n) is 8.26. The number of benzene rings is 3. The highest BCUT2D eigenvalue weighted by molar-refractivity contribution is 6.04. The number of rotatable bonds is 4. The number of para-hydroxylation sites is 1. The number of anilines is 1. The molecule has 1 aliphatic heterocycles. The molecule has 5 rings (SSSR count). The van der Waals surface area contributed by atoms with Crippen molar-refractivity contribution in [2.24, 2.45) is 7.05 Å². The molecule has 1 atom stereocenters. The number of fused-ring (bicyclic) bond motifs is 2. The molecule has 4 aromatic rings. The van der Waals surface area contributed by atoms with Gasteiger partial charge in [-0.1, -0.05) is 42.5 Å². The van der Waals surface area contributed by atoms with Gasteiger partial charge in [0, 0.05) is 41.0 Å². The molecule has 0 saturated heterocycles. The van der Waals surface area contributed by atoms with Crippen molar-refractivity contribution in [2.75, 3.05) is 11.9 Å². The molecule has 5 nitrogen and oxygen atoms in total. The van der Waals surface area contributed by atoms with E-state index in [4.69, 9.17) is 0 Å². The van der Waals surface area contributed by atoms with Gasteiger partial charge in [0.15, 0.2) is 0 Å². The van der Waals surface area contributed by atoms with E-state index in [1.54, 1.807) is 12.1 Å². The topological polar surface area (TPSA) is 54.3 Å². The summed E-state index contributed by atoms with van der Waals surface area (Å²) in [7, 11) is 1.92. The number of nitrogens with zero attached hydrogens (tertiary/aromatic N) is 2. The molecule has 0 fully saturated rings. The first-order chi connectivity index (χ1) is 16.2. The Hall–Kier alpha value is -4.07. The molecule has 3 aromatic carbocycles. The van der Waals surface area contributed by atoms with Crippen molar-refractivity contribution in [1.29, 1.82) is 0 Å². The number of aryl methyl sites for hydroxylation is 1.